The van der Waals surface area contributed by atoms with Gasteiger partial charge in [-0.15, -0.1) is 0 Å². The number of nitriles is 1. The molecule has 0 radical (unpaired) electrons. The minimum Gasteiger partial charge on any atom is -0.496 e. The number of aryl methyl sites for hydroxylation is 1. The lowest BCUT2D eigenvalue weighted by Gasteiger charge is -2.26. The Bertz CT molecular complexity index is 739. The number of nitrogens with zero attached hydrogens (tertiary/aromatic N) is 1. The van der Waals surface area contributed by atoms with Gasteiger partial charge in [0.05, 0.1) is 19.1 Å². The van der Waals surface area contributed by atoms with Gasteiger partial charge in [0.25, 0.3) is 0 Å². The predicted molar refractivity (Wildman–Crippen MR) is 84.3 cm³/mol. The highest BCUT2D eigenvalue weighted by atomic mass is 16.5. The third-order valence-electron chi connectivity index (χ3n) is 4.06. The molecule has 0 saturated carbocycles. The highest BCUT2D eigenvalue weighted by molar-refractivity contribution is 5.63. The zero-order valence-electron chi connectivity index (χ0n) is 12.2. The maximum absolute atomic E-state index is 9.68. The molecule has 0 aliphatic heterocycles. The number of ether oxygens (including phenoxy) is 1. The molecular formula is C19H17NO. The Hall–Kier alpha value is -2.53. The quantitative estimate of drug-likeness (QED) is 0.812. The Morgan fingerprint density at radius 3 is 2.67 bits per heavy atom. The summed E-state index contributed by atoms with van der Waals surface area (Å²) in [4.78, 5) is 0. The van der Waals surface area contributed by atoms with Crippen LogP contribution >= 0.6 is 0 Å². The molecule has 1 aliphatic rings. The van der Waals surface area contributed by atoms with Gasteiger partial charge < -0.3 is 4.74 Å². The maximum atomic E-state index is 9.68. The van der Waals surface area contributed by atoms with Crippen LogP contribution in [0.5, 0.6) is 5.75 Å². The predicted octanol–water partition coefficient (Wildman–Crippen LogP) is 4.42. The van der Waals surface area contributed by atoms with Gasteiger partial charge in [-0.2, -0.15) is 5.26 Å². The fourth-order valence-electron chi connectivity index (χ4n) is 3.01. The molecule has 0 spiro atoms. The molecule has 0 aromatic heterocycles. The van der Waals surface area contributed by atoms with Crippen molar-refractivity contribution in [3.63, 3.8) is 0 Å². The van der Waals surface area contributed by atoms with Gasteiger partial charge in [-0.1, -0.05) is 54.1 Å². The Balaban J connectivity index is 2.11. The van der Waals surface area contributed by atoms with Crippen molar-refractivity contribution >= 4 is 6.08 Å². The van der Waals surface area contributed by atoms with Gasteiger partial charge >= 0.3 is 0 Å². The number of allylic oxidation sites excluding steroid dienone is 1. The maximum Gasteiger partial charge on any atom is 0.122 e. The van der Waals surface area contributed by atoms with Crippen LogP contribution in [0.15, 0.2) is 48.5 Å². The third-order valence-corrected chi connectivity index (χ3v) is 4.06. The van der Waals surface area contributed by atoms with E-state index in [9.17, 15) is 5.26 Å². The zero-order chi connectivity index (χ0) is 14.8. The van der Waals surface area contributed by atoms with E-state index in [1.165, 1.54) is 5.56 Å². The van der Waals surface area contributed by atoms with Crippen LogP contribution in [0.1, 0.15) is 34.1 Å². The van der Waals surface area contributed by atoms with E-state index in [2.05, 4.69) is 43.3 Å². The van der Waals surface area contributed by atoms with Gasteiger partial charge in [-0.25, -0.2) is 0 Å². The van der Waals surface area contributed by atoms with Gasteiger partial charge in [-0.3, -0.25) is 0 Å². The molecule has 0 heterocycles. The number of rotatable bonds is 2. The summed E-state index contributed by atoms with van der Waals surface area (Å²) in [6, 6.07) is 16.7. The fraction of sp³-hybridized carbons (Fsp3) is 0.211. The molecule has 3 rings (SSSR count). The molecule has 2 aromatic carbocycles. The first kappa shape index (κ1) is 13.5. The molecular weight excluding hydrogens is 258 g/mol. The second-order valence-corrected chi connectivity index (χ2v) is 5.37. The second kappa shape index (κ2) is 5.46. The molecule has 1 aliphatic carbocycles. The van der Waals surface area contributed by atoms with Crippen LogP contribution in [-0.4, -0.2) is 7.11 Å². The SMILES string of the molecule is COc1ccccc1C1C=Cc2cc(C)ccc2C1C#N. The van der Waals surface area contributed by atoms with Crippen molar-refractivity contribution < 1.29 is 4.74 Å². The summed E-state index contributed by atoms with van der Waals surface area (Å²) < 4.78 is 5.46. The van der Waals surface area contributed by atoms with Gasteiger partial charge in [0.1, 0.15) is 5.75 Å². The van der Waals surface area contributed by atoms with E-state index >= 15 is 0 Å². The Morgan fingerprint density at radius 1 is 1.10 bits per heavy atom. The standard InChI is InChI=1S/C19H17NO/c1-13-7-9-15-14(11-13)8-10-16(18(15)12-20)17-5-3-4-6-19(17)21-2/h3-11,16,18H,1-2H3. The van der Waals surface area contributed by atoms with Crippen molar-refractivity contribution in [2.45, 2.75) is 18.8 Å². The Labute approximate surface area is 125 Å². The lowest BCUT2D eigenvalue weighted by atomic mass is 9.76. The number of hydrogen-bond acceptors (Lipinski definition) is 2. The summed E-state index contributed by atoms with van der Waals surface area (Å²) in [5.74, 6) is 0.686. The minimum absolute atomic E-state index is 0.0290. The first-order chi connectivity index (χ1) is 10.2. The summed E-state index contributed by atoms with van der Waals surface area (Å²) in [5.41, 5.74) is 4.52. The summed E-state index contributed by atoms with van der Waals surface area (Å²) in [5, 5.41) is 9.68. The normalized spacial score (nSPS) is 19.7. The highest BCUT2D eigenvalue weighted by Gasteiger charge is 2.29. The van der Waals surface area contributed by atoms with Crippen molar-refractivity contribution in [2.75, 3.05) is 7.11 Å². The zero-order valence-corrected chi connectivity index (χ0v) is 12.2. The number of benzene rings is 2. The molecule has 21 heavy (non-hydrogen) atoms. The van der Waals surface area contributed by atoms with Crippen LogP contribution in [-0.2, 0) is 0 Å². The fourth-order valence-corrected chi connectivity index (χ4v) is 3.01. The summed E-state index contributed by atoms with van der Waals surface area (Å²) in [6.07, 6.45) is 4.24. The van der Waals surface area contributed by atoms with E-state index < -0.39 is 0 Å². The summed E-state index contributed by atoms with van der Waals surface area (Å²) in [7, 11) is 1.67. The van der Waals surface area contributed by atoms with Crippen molar-refractivity contribution in [1.82, 2.24) is 0 Å². The summed E-state index contributed by atoms with van der Waals surface area (Å²) in [6.45, 7) is 2.07. The molecule has 2 aromatic rings. The number of hydrogen-bond donors (Lipinski definition) is 0. The van der Waals surface area contributed by atoms with E-state index in [4.69, 9.17) is 4.74 Å². The molecule has 2 unspecified atom stereocenters. The molecule has 2 heteroatoms. The minimum atomic E-state index is -0.179. The summed E-state index contributed by atoms with van der Waals surface area (Å²) >= 11 is 0. The van der Waals surface area contributed by atoms with Crippen molar-refractivity contribution in [3.8, 4) is 11.8 Å². The number of methoxy groups -OCH3 is 1. The van der Waals surface area contributed by atoms with Crippen LogP contribution in [0.3, 0.4) is 0 Å². The molecule has 104 valence electrons. The number of para-hydroxylation sites is 1. The van der Waals surface area contributed by atoms with E-state index in [1.54, 1.807) is 7.11 Å². The van der Waals surface area contributed by atoms with Crippen LogP contribution < -0.4 is 4.74 Å². The van der Waals surface area contributed by atoms with Crippen LogP contribution in [0.4, 0.5) is 0 Å². The van der Waals surface area contributed by atoms with Gasteiger partial charge in [-0.05, 0) is 24.1 Å². The van der Waals surface area contributed by atoms with E-state index in [0.29, 0.717) is 0 Å². The monoisotopic (exact) mass is 275 g/mol. The highest BCUT2D eigenvalue weighted by Crippen LogP contribution is 2.42. The van der Waals surface area contributed by atoms with Crippen molar-refractivity contribution in [3.05, 3.63) is 70.8 Å². The third kappa shape index (κ3) is 2.32. The number of fused-ring (bicyclic) bond motifs is 1. The first-order valence-electron chi connectivity index (χ1n) is 7.06. The van der Waals surface area contributed by atoms with Gasteiger partial charge in [0, 0.05) is 11.5 Å². The smallest absolute Gasteiger partial charge is 0.122 e. The van der Waals surface area contributed by atoms with Crippen molar-refractivity contribution in [1.29, 1.82) is 5.26 Å². The van der Waals surface area contributed by atoms with E-state index in [0.717, 1.165) is 22.4 Å². The largest absolute Gasteiger partial charge is 0.496 e. The lowest BCUT2D eigenvalue weighted by Crippen LogP contribution is -2.13. The Kier molecular flexibility index (Phi) is 3.50. The topological polar surface area (TPSA) is 33.0 Å². The van der Waals surface area contributed by atoms with Crippen molar-refractivity contribution in [2.24, 2.45) is 0 Å². The molecule has 0 bridgehead atoms. The first-order valence-corrected chi connectivity index (χ1v) is 7.06. The van der Waals surface area contributed by atoms with Crippen LogP contribution in [0.2, 0.25) is 0 Å². The molecule has 2 nitrogen and oxygen atoms in total. The average Bonchev–Trinajstić information content (AvgIpc) is 2.53. The molecule has 0 fully saturated rings. The molecule has 2 atom stereocenters. The Morgan fingerprint density at radius 2 is 1.90 bits per heavy atom. The van der Waals surface area contributed by atoms with Crippen LogP contribution in [0.25, 0.3) is 6.08 Å². The van der Waals surface area contributed by atoms with Gasteiger partial charge in [0.2, 0.25) is 0 Å². The molecule has 0 N–H and O–H groups in total. The van der Waals surface area contributed by atoms with E-state index in [1.807, 2.05) is 24.3 Å². The van der Waals surface area contributed by atoms with Gasteiger partial charge in [0.15, 0.2) is 0 Å². The second-order valence-electron chi connectivity index (χ2n) is 5.37. The van der Waals surface area contributed by atoms with E-state index in [-0.39, 0.29) is 11.8 Å². The lowest BCUT2D eigenvalue weighted by molar-refractivity contribution is 0.407. The molecule has 0 amide bonds. The average molecular weight is 275 g/mol. The van der Waals surface area contributed by atoms with Crippen LogP contribution in [0, 0.1) is 18.3 Å². The molecule has 0 saturated heterocycles.